The van der Waals surface area contributed by atoms with E-state index in [1.807, 2.05) is 0 Å². The van der Waals surface area contributed by atoms with Crippen LogP contribution in [-0.4, -0.2) is 0 Å². The highest BCUT2D eigenvalue weighted by molar-refractivity contribution is 6.49. The van der Waals surface area contributed by atoms with E-state index in [0.29, 0.717) is 10.1 Å². The van der Waals surface area contributed by atoms with Gasteiger partial charge in [0.05, 0.1) is 0 Å². The molecule has 0 spiro atoms. The number of hydrogen-bond acceptors (Lipinski definition) is 2. The monoisotopic (exact) mass is 248 g/mol. The Balaban J connectivity index is 2.96. The maximum atomic E-state index is 8.52. The Bertz CT molecular complexity index is 497. The van der Waals surface area contributed by atoms with E-state index >= 15 is 0 Å². The van der Waals surface area contributed by atoms with Crippen LogP contribution in [-0.2, 0) is 0 Å². The lowest BCUT2D eigenvalue weighted by atomic mass is 10.2. The Morgan fingerprint density at radius 3 is 2.12 bits per heavy atom. The first-order valence-electron chi connectivity index (χ1n) is 4.31. The maximum absolute atomic E-state index is 8.52. The van der Waals surface area contributed by atoms with Crippen molar-refractivity contribution >= 4 is 28.2 Å². The van der Waals surface area contributed by atoms with Crippen LogP contribution in [0.2, 0.25) is 5.02 Å². The lowest BCUT2D eigenvalue weighted by molar-refractivity contribution is 1.46. The van der Waals surface area contributed by atoms with Crippen molar-refractivity contribution in [1.82, 2.24) is 0 Å². The first kappa shape index (κ1) is 12.3. The number of halogens is 2. The first-order valence-corrected chi connectivity index (χ1v) is 5.06. The fourth-order valence-electron chi connectivity index (χ4n) is 0.961. The van der Waals surface area contributed by atoms with Gasteiger partial charge in [0.15, 0.2) is 0 Å². The second-order valence-corrected chi connectivity index (χ2v) is 3.67. The van der Waals surface area contributed by atoms with Crippen LogP contribution >= 0.6 is 23.2 Å². The predicted octanol–water partition coefficient (Wildman–Crippen LogP) is 3.89. The lowest BCUT2D eigenvalue weighted by Crippen LogP contribution is -1.76. The van der Waals surface area contributed by atoms with Crippen molar-refractivity contribution in [2.24, 2.45) is 0 Å². The zero-order valence-corrected chi connectivity index (χ0v) is 9.63. The predicted molar refractivity (Wildman–Crippen MR) is 64.6 cm³/mol. The number of hydrogen-bond donors (Lipinski definition) is 0. The number of benzene rings is 1. The molecule has 0 N–H and O–H groups in total. The molecule has 1 aromatic rings. The van der Waals surface area contributed by atoms with Crippen molar-refractivity contribution in [2.75, 3.05) is 0 Å². The van der Waals surface area contributed by atoms with Gasteiger partial charge in [-0.05, 0) is 29.8 Å². The minimum absolute atomic E-state index is 0.00659. The van der Waals surface area contributed by atoms with Crippen molar-refractivity contribution in [3.63, 3.8) is 0 Å². The minimum Gasteiger partial charge on any atom is -0.192 e. The van der Waals surface area contributed by atoms with Crippen LogP contribution in [0.25, 0.3) is 5.03 Å². The van der Waals surface area contributed by atoms with E-state index in [0.717, 1.165) is 5.56 Å². The van der Waals surface area contributed by atoms with Gasteiger partial charge >= 0.3 is 0 Å². The quantitative estimate of drug-likeness (QED) is 0.589. The van der Waals surface area contributed by atoms with Crippen molar-refractivity contribution in [1.29, 1.82) is 10.5 Å². The van der Waals surface area contributed by atoms with E-state index in [-0.39, 0.29) is 5.57 Å². The molecule has 0 atom stereocenters. The summed E-state index contributed by atoms with van der Waals surface area (Å²) in [7, 11) is 0. The molecule has 0 aromatic heterocycles. The van der Waals surface area contributed by atoms with Crippen LogP contribution in [0.1, 0.15) is 5.56 Å². The highest BCUT2D eigenvalue weighted by Gasteiger charge is 1.97. The Morgan fingerprint density at radius 1 is 1.06 bits per heavy atom. The summed E-state index contributed by atoms with van der Waals surface area (Å²) in [5, 5.41) is 18.1. The molecular formula is C12H6Cl2N2. The Labute approximate surface area is 104 Å². The number of nitriles is 2. The summed E-state index contributed by atoms with van der Waals surface area (Å²) < 4.78 is 0. The normalized spacial score (nSPS) is 10.1. The molecule has 0 unspecified atom stereocenters. The molecule has 1 rings (SSSR count). The zero-order valence-electron chi connectivity index (χ0n) is 8.11. The molecule has 4 heteroatoms. The van der Waals surface area contributed by atoms with Crippen LogP contribution in [0.15, 0.2) is 42.0 Å². The first-order chi connectivity index (χ1) is 7.67. The number of allylic oxidation sites excluding steroid dienone is 3. The molecule has 0 radical (unpaired) electrons. The van der Waals surface area contributed by atoms with Gasteiger partial charge in [0, 0.05) is 10.1 Å². The Kier molecular flexibility index (Phi) is 4.61. The molecule has 0 aliphatic rings. The average Bonchev–Trinajstić information content (AvgIpc) is 2.31. The molecule has 0 bridgehead atoms. The van der Waals surface area contributed by atoms with Crippen molar-refractivity contribution in [3.8, 4) is 12.1 Å². The highest BCUT2D eigenvalue weighted by atomic mass is 35.5. The average molecular weight is 249 g/mol. The smallest absolute Gasteiger partial charge is 0.129 e. The molecule has 0 fully saturated rings. The summed E-state index contributed by atoms with van der Waals surface area (Å²) in [5.74, 6) is 0. The third-order valence-electron chi connectivity index (χ3n) is 1.76. The molecule has 78 valence electrons. The molecule has 0 aliphatic heterocycles. The largest absolute Gasteiger partial charge is 0.192 e. The molecule has 0 aliphatic carbocycles. The third kappa shape index (κ3) is 3.44. The van der Waals surface area contributed by atoms with Gasteiger partial charge in [-0.2, -0.15) is 10.5 Å². The molecule has 2 nitrogen and oxygen atoms in total. The highest BCUT2D eigenvalue weighted by Crippen LogP contribution is 2.21. The zero-order chi connectivity index (χ0) is 12.0. The van der Waals surface area contributed by atoms with Crippen molar-refractivity contribution < 1.29 is 0 Å². The summed E-state index contributed by atoms with van der Waals surface area (Å²) in [5.41, 5.74) is 0.782. The van der Waals surface area contributed by atoms with Gasteiger partial charge in [-0.15, -0.1) is 0 Å². The summed E-state index contributed by atoms with van der Waals surface area (Å²) >= 11 is 11.7. The van der Waals surface area contributed by atoms with E-state index in [9.17, 15) is 0 Å². The number of rotatable bonds is 2. The van der Waals surface area contributed by atoms with Gasteiger partial charge in [0.1, 0.15) is 17.7 Å². The standard InChI is InChI=1S/C12H6Cl2N2/c13-11-4-2-10(3-5-11)12(14)6-1-9(7-15)8-16/h1-6H/b12-6+. The molecule has 0 heterocycles. The van der Waals surface area contributed by atoms with Crippen LogP contribution in [0.5, 0.6) is 0 Å². The summed E-state index contributed by atoms with van der Waals surface area (Å²) in [4.78, 5) is 0. The molecule has 16 heavy (non-hydrogen) atoms. The fraction of sp³-hybridized carbons (Fsp3) is 0. The van der Waals surface area contributed by atoms with E-state index in [1.54, 1.807) is 36.4 Å². The van der Waals surface area contributed by atoms with Crippen LogP contribution < -0.4 is 0 Å². The fourth-order valence-corrected chi connectivity index (χ4v) is 1.28. The molecule has 1 aromatic carbocycles. The lowest BCUT2D eigenvalue weighted by Gasteiger charge is -1.97. The minimum atomic E-state index is 0.00659. The summed E-state index contributed by atoms with van der Waals surface area (Å²) in [6, 6.07) is 10.4. The van der Waals surface area contributed by atoms with Crippen LogP contribution in [0, 0.1) is 22.7 Å². The van der Waals surface area contributed by atoms with Gasteiger partial charge in [-0.25, -0.2) is 0 Å². The third-order valence-corrected chi connectivity index (χ3v) is 2.35. The SMILES string of the molecule is N#CC(C#N)=C/C=C(/Cl)c1ccc(Cl)cc1. The van der Waals surface area contributed by atoms with Crippen molar-refractivity contribution in [3.05, 3.63) is 52.6 Å². The maximum Gasteiger partial charge on any atom is 0.129 e. The van der Waals surface area contributed by atoms with Crippen LogP contribution in [0.3, 0.4) is 0 Å². The Morgan fingerprint density at radius 2 is 1.62 bits per heavy atom. The molecule has 0 saturated carbocycles. The molecule has 0 saturated heterocycles. The topological polar surface area (TPSA) is 47.6 Å². The van der Waals surface area contributed by atoms with Crippen LogP contribution in [0.4, 0.5) is 0 Å². The van der Waals surface area contributed by atoms with Gasteiger partial charge in [0.25, 0.3) is 0 Å². The van der Waals surface area contributed by atoms with E-state index in [1.165, 1.54) is 12.2 Å². The van der Waals surface area contributed by atoms with E-state index < -0.39 is 0 Å². The molecule has 0 amide bonds. The second kappa shape index (κ2) is 5.98. The van der Waals surface area contributed by atoms with Gasteiger partial charge < -0.3 is 0 Å². The van der Waals surface area contributed by atoms with Gasteiger partial charge in [-0.3, -0.25) is 0 Å². The van der Waals surface area contributed by atoms with Gasteiger partial charge in [-0.1, -0.05) is 35.3 Å². The van der Waals surface area contributed by atoms with Crippen molar-refractivity contribution in [2.45, 2.75) is 0 Å². The molecular weight excluding hydrogens is 243 g/mol. The van der Waals surface area contributed by atoms with Gasteiger partial charge in [0.2, 0.25) is 0 Å². The number of nitrogens with zero attached hydrogens (tertiary/aromatic N) is 2. The Hall–Kier alpha value is -1.74. The van der Waals surface area contributed by atoms with E-state index in [2.05, 4.69) is 0 Å². The van der Waals surface area contributed by atoms with E-state index in [4.69, 9.17) is 33.7 Å². The summed E-state index contributed by atoms with van der Waals surface area (Å²) in [6.07, 6.45) is 2.88. The summed E-state index contributed by atoms with van der Waals surface area (Å²) in [6.45, 7) is 0. The second-order valence-electron chi connectivity index (χ2n) is 2.83.